The molecule has 0 amide bonds. The second kappa shape index (κ2) is 6.21. The van der Waals surface area contributed by atoms with Gasteiger partial charge in [-0.1, -0.05) is 6.92 Å². The number of nitrogens with zero attached hydrogens (tertiary/aromatic N) is 2. The van der Waals surface area contributed by atoms with Crippen molar-refractivity contribution in [2.24, 2.45) is 0 Å². The summed E-state index contributed by atoms with van der Waals surface area (Å²) in [6.45, 7) is 7.52. The van der Waals surface area contributed by atoms with Gasteiger partial charge in [0.25, 0.3) is 0 Å². The summed E-state index contributed by atoms with van der Waals surface area (Å²) in [5.74, 6) is -0.112. The predicted molar refractivity (Wildman–Crippen MR) is 64.4 cm³/mol. The minimum absolute atomic E-state index is 0.112. The summed E-state index contributed by atoms with van der Waals surface area (Å²) in [5.41, 5.74) is 0. The van der Waals surface area contributed by atoms with E-state index in [0.717, 1.165) is 26.1 Å². The quantitative estimate of drug-likeness (QED) is 0.671. The van der Waals surface area contributed by atoms with E-state index in [-0.39, 0.29) is 12.0 Å². The fourth-order valence-corrected chi connectivity index (χ4v) is 2.26. The standard InChI is InChI=1S/C12H24N2O2/c1-5-11-9-14(7-6-13(11)3)10(2)8-12(15)16-4/h10-11H,5-9H2,1-4H3. The van der Waals surface area contributed by atoms with Gasteiger partial charge >= 0.3 is 5.97 Å². The van der Waals surface area contributed by atoms with E-state index in [0.29, 0.717) is 12.5 Å². The summed E-state index contributed by atoms with van der Waals surface area (Å²) in [7, 11) is 3.63. The van der Waals surface area contributed by atoms with Gasteiger partial charge in [-0.2, -0.15) is 0 Å². The van der Waals surface area contributed by atoms with E-state index in [1.807, 2.05) is 0 Å². The van der Waals surface area contributed by atoms with Crippen LogP contribution in [0.3, 0.4) is 0 Å². The lowest BCUT2D eigenvalue weighted by molar-refractivity contribution is -0.142. The van der Waals surface area contributed by atoms with Crippen LogP contribution in [0.25, 0.3) is 0 Å². The Hall–Kier alpha value is -0.610. The van der Waals surface area contributed by atoms with Crippen molar-refractivity contribution >= 4 is 5.97 Å². The highest BCUT2D eigenvalue weighted by Gasteiger charge is 2.26. The van der Waals surface area contributed by atoms with Crippen LogP contribution in [0.5, 0.6) is 0 Å². The molecular weight excluding hydrogens is 204 g/mol. The normalized spacial score (nSPS) is 25.4. The number of hydrogen-bond acceptors (Lipinski definition) is 4. The van der Waals surface area contributed by atoms with E-state index in [2.05, 4.69) is 30.7 Å². The predicted octanol–water partition coefficient (Wildman–Crippen LogP) is 0.964. The molecule has 94 valence electrons. The molecule has 0 spiro atoms. The largest absolute Gasteiger partial charge is 0.469 e. The van der Waals surface area contributed by atoms with Gasteiger partial charge in [-0.25, -0.2) is 0 Å². The zero-order valence-electron chi connectivity index (χ0n) is 10.9. The minimum atomic E-state index is -0.112. The molecule has 0 saturated carbocycles. The lowest BCUT2D eigenvalue weighted by Crippen LogP contribution is -2.54. The number of esters is 1. The number of carbonyl (C=O) groups excluding carboxylic acids is 1. The van der Waals surface area contributed by atoms with Crippen LogP contribution < -0.4 is 0 Å². The lowest BCUT2D eigenvalue weighted by Gasteiger charge is -2.41. The van der Waals surface area contributed by atoms with Crippen molar-refractivity contribution in [3.05, 3.63) is 0 Å². The molecule has 1 fully saturated rings. The maximum Gasteiger partial charge on any atom is 0.307 e. The van der Waals surface area contributed by atoms with E-state index in [1.165, 1.54) is 7.11 Å². The molecule has 2 atom stereocenters. The van der Waals surface area contributed by atoms with Crippen molar-refractivity contribution in [1.29, 1.82) is 0 Å². The molecule has 0 N–H and O–H groups in total. The highest BCUT2D eigenvalue weighted by atomic mass is 16.5. The van der Waals surface area contributed by atoms with Gasteiger partial charge in [0, 0.05) is 31.7 Å². The molecule has 1 aliphatic heterocycles. The van der Waals surface area contributed by atoms with Gasteiger partial charge in [0.1, 0.15) is 0 Å². The van der Waals surface area contributed by atoms with Crippen LogP contribution in [0.1, 0.15) is 26.7 Å². The molecule has 16 heavy (non-hydrogen) atoms. The molecule has 4 nitrogen and oxygen atoms in total. The van der Waals surface area contributed by atoms with E-state index in [9.17, 15) is 4.79 Å². The fraction of sp³-hybridized carbons (Fsp3) is 0.917. The van der Waals surface area contributed by atoms with Gasteiger partial charge in [0.05, 0.1) is 13.5 Å². The summed E-state index contributed by atoms with van der Waals surface area (Å²) in [6, 6.07) is 0.907. The molecule has 1 rings (SSSR count). The van der Waals surface area contributed by atoms with Crippen LogP contribution in [-0.2, 0) is 9.53 Å². The summed E-state index contributed by atoms with van der Waals surface area (Å²) in [6.07, 6.45) is 1.66. The summed E-state index contributed by atoms with van der Waals surface area (Å²) in [4.78, 5) is 16.0. The van der Waals surface area contributed by atoms with Crippen molar-refractivity contribution in [2.45, 2.75) is 38.8 Å². The van der Waals surface area contributed by atoms with Gasteiger partial charge in [0.2, 0.25) is 0 Å². The third-order valence-corrected chi connectivity index (χ3v) is 3.59. The minimum Gasteiger partial charge on any atom is -0.469 e. The number of likely N-dealkylation sites (N-methyl/N-ethyl adjacent to an activating group) is 1. The molecule has 1 aliphatic rings. The number of hydrogen-bond donors (Lipinski definition) is 0. The molecule has 0 aliphatic carbocycles. The lowest BCUT2D eigenvalue weighted by atomic mass is 10.1. The first-order chi connectivity index (χ1) is 7.58. The van der Waals surface area contributed by atoms with Crippen molar-refractivity contribution in [2.75, 3.05) is 33.8 Å². The Kier molecular flexibility index (Phi) is 5.22. The third kappa shape index (κ3) is 3.46. The number of ether oxygens (including phenoxy) is 1. The average molecular weight is 228 g/mol. The first-order valence-electron chi connectivity index (χ1n) is 6.09. The first-order valence-corrected chi connectivity index (χ1v) is 6.09. The molecule has 2 unspecified atom stereocenters. The van der Waals surface area contributed by atoms with Gasteiger partial charge < -0.3 is 9.64 Å². The molecular formula is C12H24N2O2. The molecule has 0 bridgehead atoms. The van der Waals surface area contributed by atoms with E-state index < -0.39 is 0 Å². The Morgan fingerprint density at radius 1 is 1.50 bits per heavy atom. The Bertz CT molecular complexity index is 233. The monoisotopic (exact) mass is 228 g/mol. The highest BCUT2D eigenvalue weighted by molar-refractivity contribution is 5.69. The van der Waals surface area contributed by atoms with Crippen LogP contribution in [0.4, 0.5) is 0 Å². The van der Waals surface area contributed by atoms with E-state index >= 15 is 0 Å². The second-order valence-corrected chi connectivity index (χ2v) is 4.67. The summed E-state index contributed by atoms with van der Waals surface area (Å²) >= 11 is 0. The Morgan fingerprint density at radius 3 is 2.75 bits per heavy atom. The van der Waals surface area contributed by atoms with Gasteiger partial charge in [0.15, 0.2) is 0 Å². The number of rotatable bonds is 4. The molecule has 1 saturated heterocycles. The first kappa shape index (κ1) is 13.5. The third-order valence-electron chi connectivity index (χ3n) is 3.59. The smallest absolute Gasteiger partial charge is 0.307 e. The van der Waals surface area contributed by atoms with Crippen molar-refractivity contribution in [3.8, 4) is 0 Å². The van der Waals surface area contributed by atoms with Gasteiger partial charge in [-0.05, 0) is 20.4 Å². The van der Waals surface area contributed by atoms with E-state index in [1.54, 1.807) is 0 Å². The van der Waals surface area contributed by atoms with Crippen LogP contribution in [-0.4, -0.2) is 61.6 Å². The fourth-order valence-electron chi connectivity index (χ4n) is 2.26. The maximum absolute atomic E-state index is 11.2. The highest BCUT2D eigenvalue weighted by Crippen LogP contribution is 2.15. The average Bonchev–Trinajstić information content (AvgIpc) is 2.29. The van der Waals surface area contributed by atoms with Crippen molar-refractivity contribution < 1.29 is 9.53 Å². The zero-order chi connectivity index (χ0) is 12.1. The van der Waals surface area contributed by atoms with Crippen LogP contribution >= 0.6 is 0 Å². The van der Waals surface area contributed by atoms with Gasteiger partial charge in [-0.3, -0.25) is 9.69 Å². The van der Waals surface area contributed by atoms with Crippen LogP contribution in [0, 0.1) is 0 Å². The second-order valence-electron chi connectivity index (χ2n) is 4.67. The van der Waals surface area contributed by atoms with Crippen LogP contribution in [0.15, 0.2) is 0 Å². The summed E-state index contributed by atoms with van der Waals surface area (Å²) in [5, 5.41) is 0. The SMILES string of the molecule is CCC1CN(C(C)CC(=O)OC)CCN1C. The topological polar surface area (TPSA) is 32.8 Å². The Balaban J connectivity index is 2.45. The number of methoxy groups -OCH3 is 1. The Labute approximate surface area is 98.5 Å². The number of piperazine rings is 1. The van der Waals surface area contributed by atoms with E-state index in [4.69, 9.17) is 4.74 Å². The van der Waals surface area contributed by atoms with Gasteiger partial charge in [-0.15, -0.1) is 0 Å². The van der Waals surface area contributed by atoms with Crippen molar-refractivity contribution in [1.82, 2.24) is 9.80 Å². The molecule has 0 radical (unpaired) electrons. The molecule has 1 heterocycles. The van der Waals surface area contributed by atoms with Crippen LogP contribution in [0.2, 0.25) is 0 Å². The molecule has 4 heteroatoms. The van der Waals surface area contributed by atoms with Crippen molar-refractivity contribution in [3.63, 3.8) is 0 Å². The zero-order valence-corrected chi connectivity index (χ0v) is 10.9. The Morgan fingerprint density at radius 2 is 2.19 bits per heavy atom. The number of carbonyl (C=O) groups is 1. The molecule has 0 aromatic heterocycles. The summed E-state index contributed by atoms with van der Waals surface area (Å²) < 4.78 is 4.71. The molecule has 0 aromatic rings. The maximum atomic E-state index is 11.2. The molecule has 0 aromatic carbocycles.